The van der Waals surface area contributed by atoms with E-state index in [0.29, 0.717) is 48.9 Å². The Morgan fingerprint density at radius 3 is 2.67 bits per heavy atom. The fraction of sp³-hybridized carbons (Fsp3) is 0.261. The summed E-state index contributed by atoms with van der Waals surface area (Å²) in [5.41, 5.74) is 2.74. The van der Waals surface area contributed by atoms with E-state index in [4.69, 9.17) is 9.47 Å². The first-order chi connectivity index (χ1) is 14.6. The molecule has 0 saturated carbocycles. The molecule has 7 nitrogen and oxygen atoms in total. The van der Waals surface area contributed by atoms with Crippen LogP contribution in [-0.4, -0.2) is 55.2 Å². The highest BCUT2D eigenvalue weighted by Crippen LogP contribution is 2.30. The van der Waals surface area contributed by atoms with Crippen molar-refractivity contribution in [2.45, 2.75) is 6.92 Å². The molecule has 1 aromatic heterocycles. The number of hydrogen-bond donors (Lipinski definition) is 1. The molecular weight excluding hydrogens is 382 g/mol. The fourth-order valence-electron chi connectivity index (χ4n) is 3.66. The Morgan fingerprint density at radius 1 is 1.13 bits per heavy atom. The minimum absolute atomic E-state index is 0.0376. The number of hydrogen-bond acceptors (Lipinski definition) is 6. The van der Waals surface area contributed by atoms with Crippen molar-refractivity contribution < 1.29 is 19.1 Å². The van der Waals surface area contributed by atoms with E-state index in [-0.39, 0.29) is 5.91 Å². The van der Waals surface area contributed by atoms with Crippen LogP contribution in [0.2, 0.25) is 0 Å². The Labute approximate surface area is 174 Å². The van der Waals surface area contributed by atoms with Gasteiger partial charge in [-0.3, -0.25) is 4.79 Å². The zero-order valence-electron chi connectivity index (χ0n) is 17.0. The Balaban J connectivity index is 1.73. The summed E-state index contributed by atoms with van der Waals surface area (Å²) in [6, 6.07) is 12.9. The van der Waals surface area contributed by atoms with E-state index in [2.05, 4.69) is 10.3 Å². The second kappa shape index (κ2) is 8.51. The maximum atomic E-state index is 13.1. The molecule has 3 aromatic rings. The lowest BCUT2D eigenvalue weighted by atomic mass is 10.0. The summed E-state index contributed by atoms with van der Waals surface area (Å²) in [7, 11) is 1.35. The van der Waals surface area contributed by atoms with Crippen molar-refractivity contribution in [1.82, 2.24) is 9.88 Å². The first-order valence-corrected chi connectivity index (χ1v) is 9.79. The lowest BCUT2D eigenvalue weighted by Crippen LogP contribution is -2.40. The Morgan fingerprint density at radius 2 is 1.90 bits per heavy atom. The molecule has 1 saturated heterocycles. The first-order valence-electron chi connectivity index (χ1n) is 9.79. The molecular formula is C23H23N3O4. The van der Waals surface area contributed by atoms with E-state index >= 15 is 0 Å². The molecule has 1 N–H and O–H groups in total. The number of aryl methyl sites for hydroxylation is 1. The highest BCUT2D eigenvalue weighted by molar-refractivity contribution is 6.10. The first kappa shape index (κ1) is 19.8. The normalized spacial score (nSPS) is 13.9. The van der Waals surface area contributed by atoms with Crippen molar-refractivity contribution in [1.29, 1.82) is 0 Å². The van der Waals surface area contributed by atoms with E-state index in [0.717, 1.165) is 16.3 Å². The molecule has 0 bridgehead atoms. The molecule has 0 unspecified atom stereocenters. The summed E-state index contributed by atoms with van der Waals surface area (Å²) in [5.74, 6) is 0.178. The van der Waals surface area contributed by atoms with Crippen LogP contribution in [0.15, 0.2) is 48.7 Å². The second-order valence-electron chi connectivity index (χ2n) is 7.12. The minimum atomic E-state index is -0.404. The van der Waals surface area contributed by atoms with Gasteiger partial charge in [0.25, 0.3) is 5.91 Å². The number of morpholine rings is 1. The molecule has 0 radical (unpaired) electrons. The van der Waals surface area contributed by atoms with Gasteiger partial charge in [-0.15, -0.1) is 0 Å². The molecule has 1 aliphatic rings. The number of aromatic nitrogens is 1. The largest absolute Gasteiger partial charge is 0.465 e. The van der Waals surface area contributed by atoms with Crippen molar-refractivity contribution in [3.8, 4) is 0 Å². The smallest absolute Gasteiger partial charge is 0.337 e. The van der Waals surface area contributed by atoms with Crippen molar-refractivity contribution in [2.75, 3.05) is 38.7 Å². The molecule has 1 amide bonds. The van der Waals surface area contributed by atoms with E-state index in [1.54, 1.807) is 29.3 Å². The molecule has 154 valence electrons. The number of carbonyl (C=O) groups excluding carboxylic acids is 2. The van der Waals surface area contributed by atoms with Gasteiger partial charge < -0.3 is 19.7 Å². The third-order valence-corrected chi connectivity index (χ3v) is 5.20. The Bertz CT molecular complexity index is 1110. The van der Waals surface area contributed by atoms with Gasteiger partial charge in [-0.1, -0.05) is 24.3 Å². The van der Waals surface area contributed by atoms with Crippen LogP contribution in [0.25, 0.3) is 10.8 Å². The standard InChI is InChI=1S/C23H23N3O4/c1-15-5-3-8-18-20(15)19(22(27)26-9-11-30-12-10-26)14-24-21(18)25-17-7-4-6-16(13-17)23(28)29-2/h3-8,13-14H,9-12H2,1-2H3,(H,24,25). The van der Waals surface area contributed by atoms with Gasteiger partial charge in [0, 0.05) is 35.7 Å². The number of anilines is 2. The number of carbonyl (C=O) groups is 2. The molecule has 4 rings (SSSR count). The number of fused-ring (bicyclic) bond motifs is 1. The van der Waals surface area contributed by atoms with Gasteiger partial charge in [-0.2, -0.15) is 0 Å². The predicted octanol–water partition coefficient (Wildman–Crippen LogP) is 3.55. The van der Waals surface area contributed by atoms with E-state index in [1.807, 2.05) is 31.2 Å². The molecule has 0 spiro atoms. The Kier molecular flexibility index (Phi) is 5.63. The van der Waals surface area contributed by atoms with Gasteiger partial charge in [0.15, 0.2) is 0 Å². The SMILES string of the molecule is COC(=O)c1cccc(Nc2ncc(C(=O)N3CCOCC3)c3c(C)cccc23)c1. The van der Waals surface area contributed by atoms with E-state index in [9.17, 15) is 9.59 Å². The molecule has 2 aromatic carbocycles. The lowest BCUT2D eigenvalue weighted by molar-refractivity contribution is 0.0304. The molecule has 0 atom stereocenters. The van der Waals surface area contributed by atoms with Crippen molar-refractivity contribution in [2.24, 2.45) is 0 Å². The van der Waals surface area contributed by atoms with Crippen LogP contribution in [0, 0.1) is 6.92 Å². The van der Waals surface area contributed by atoms with Gasteiger partial charge in [0.2, 0.25) is 0 Å². The van der Waals surface area contributed by atoms with Crippen LogP contribution >= 0.6 is 0 Å². The number of methoxy groups -OCH3 is 1. The average Bonchev–Trinajstić information content (AvgIpc) is 2.79. The van der Waals surface area contributed by atoms with Crippen LogP contribution in [-0.2, 0) is 9.47 Å². The van der Waals surface area contributed by atoms with Crippen molar-refractivity contribution in [3.63, 3.8) is 0 Å². The number of rotatable bonds is 4. The maximum absolute atomic E-state index is 13.1. The van der Waals surface area contributed by atoms with Crippen LogP contribution in [0.5, 0.6) is 0 Å². The number of ether oxygens (including phenoxy) is 2. The van der Waals surface area contributed by atoms with Crippen LogP contribution in [0.1, 0.15) is 26.3 Å². The molecule has 1 fully saturated rings. The maximum Gasteiger partial charge on any atom is 0.337 e. The van der Waals surface area contributed by atoms with Gasteiger partial charge >= 0.3 is 5.97 Å². The zero-order chi connectivity index (χ0) is 21.1. The van der Waals surface area contributed by atoms with E-state index in [1.165, 1.54) is 7.11 Å². The van der Waals surface area contributed by atoms with E-state index < -0.39 is 5.97 Å². The summed E-state index contributed by atoms with van der Waals surface area (Å²) < 4.78 is 10.2. The highest BCUT2D eigenvalue weighted by Gasteiger charge is 2.22. The fourth-order valence-corrected chi connectivity index (χ4v) is 3.66. The van der Waals surface area contributed by atoms with Crippen LogP contribution in [0.3, 0.4) is 0 Å². The third kappa shape index (κ3) is 3.84. The highest BCUT2D eigenvalue weighted by atomic mass is 16.5. The molecule has 0 aliphatic carbocycles. The number of amides is 1. The topological polar surface area (TPSA) is 80.8 Å². The number of benzene rings is 2. The van der Waals surface area contributed by atoms with Gasteiger partial charge in [-0.05, 0) is 30.7 Å². The summed E-state index contributed by atoms with van der Waals surface area (Å²) in [6.07, 6.45) is 1.62. The average molecular weight is 405 g/mol. The summed E-state index contributed by atoms with van der Waals surface area (Å²) in [6.45, 7) is 4.23. The van der Waals surface area contributed by atoms with Gasteiger partial charge in [0.05, 0.1) is 31.5 Å². The van der Waals surface area contributed by atoms with Gasteiger partial charge in [-0.25, -0.2) is 9.78 Å². The third-order valence-electron chi connectivity index (χ3n) is 5.20. The monoisotopic (exact) mass is 405 g/mol. The lowest BCUT2D eigenvalue weighted by Gasteiger charge is -2.27. The number of nitrogens with one attached hydrogen (secondary N) is 1. The summed E-state index contributed by atoms with van der Waals surface area (Å²) in [5, 5.41) is 4.99. The summed E-state index contributed by atoms with van der Waals surface area (Å²) >= 11 is 0. The van der Waals surface area contributed by atoms with Crippen molar-refractivity contribution in [3.05, 3.63) is 65.4 Å². The van der Waals surface area contributed by atoms with Crippen molar-refractivity contribution >= 4 is 34.2 Å². The summed E-state index contributed by atoms with van der Waals surface area (Å²) in [4.78, 5) is 31.3. The number of pyridine rings is 1. The molecule has 7 heteroatoms. The Hall–Kier alpha value is -3.45. The number of nitrogens with zero attached hydrogens (tertiary/aromatic N) is 2. The number of esters is 1. The molecule has 30 heavy (non-hydrogen) atoms. The molecule has 1 aliphatic heterocycles. The molecule has 2 heterocycles. The van der Waals surface area contributed by atoms with Gasteiger partial charge in [0.1, 0.15) is 5.82 Å². The predicted molar refractivity (Wildman–Crippen MR) is 114 cm³/mol. The van der Waals surface area contributed by atoms with Crippen LogP contribution in [0.4, 0.5) is 11.5 Å². The minimum Gasteiger partial charge on any atom is -0.465 e. The zero-order valence-corrected chi connectivity index (χ0v) is 17.0. The van der Waals surface area contributed by atoms with Crippen LogP contribution < -0.4 is 5.32 Å². The quantitative estimate of drug-likeness (QED) is 0.669. The second-order valence-corrected chi connectivity index (χ2v) is 7.12.